The van der Waals surface area contributed by atoms with Crippen LogP contribution in [0.25, 0.3) is 0 Å². The molecule has 0 unspecified atom stereocenters. The summed E-state index contributed by atoms with van der Waals surface area (Å²) in [6.07, 6.45) is 2.13. The van der Waals surface area contributed by atoms with Crippen LogP contribution in [-0.4, -0.2) is 13.3 Å². The first kappa shape index (κ1) is 8.75. The molecule has 0 atom stereocenters. The molecule has 3 nitrogen and oxygen atoms in total. The van der Waals surface area contributed by atoms with Crippen LogP contribution in [0, 0.1) is 0 Å². The average molecular weight is 142 g/mol. The van der Waals surface area contributed by atoms with Crippen LogP contribution < -0.4 is 0 Å². The van der Waals surface area contributed by atoms with Crippen LogP contribution in [0.15, 0.2) is 24.5 Å². The molecule has 0 aromatic heterocycles. The van der Waals surface area contributed by atoms with Crippen molar-refractivity contribution in [1.82, 2.24) is 0 Å². The smallest absolute Gasteiger partial charge is 0.437 e. The van der Waals surface area contributed by atoms with Gasteiger partial charge in [-0.25, -0.2) is 4.79 Å². The minimum absolute atomic E-state index is 0.721. The van der Waals surface area contributed by atoms with Crippen molar-refractivity contribution in [2.75, 3.05) is 7.11 Å². The number of carbonyl (C=O) groups excluding carboxylic acids is 1. The van der Waals surface area contributed by atoms with E-state index in [1.165, 1.54) is 13.4 Å². The monoisotopic (exact) mass is 142 g/mol. The molecule has 0 saturated heterocycles. The molecular formula is C7H10O3. The summed E-state index contributed by atoms with van der Waals surface area (Å²) in [6.45, 7) is 5.22. The Hall–Kier alpha value is -1.25. The first-order valence-electron chi connectivity index (χ1n) is 2.74. The predicted octanol–water partition coefficient (Wildman–Crippen LogP) is 1.86. The van der Waals surface area contributed by atoms with Gasteiger partial charge in [0.05, 0.1) is 7.11 Å². The summed E-state index contributed by atoms with van der Waals surface area (Å²) in [5.41, 5.74) is 0.769. The summed E-state index contributed by atoms with van der Waals surface area (Å²) in [4.78, 5) is 10.3. The van der Waals surface area contributed by atoms with E-state index in [2.05, 4.69) is 16.1 Å². The Morgan fingerprint density at radius 2 is 2.20 bits per heavy atom. The number of allylic oxidation sites excluding steroid dienone is 2. The molecule has 0 aliphatic rings. The molecule has 0 amide bonds. The predicted molar refractivity (Wildman–Crippen MR) is 37.4 cm³/mol. The van der Waals surface area contributed by atoms with E-state index in [4.69, 9.17) is 0 Å². The number of carbonyl (C=O) groups is 1. The first-order chi connectivity index (χ1) is 4.70. The van der Waals surface area contributed by atoms with Crippen molar-refractivity contribution in [2.24, 2.45) is 0 Å². The molecule has 0 radical (unpaired) electrons. The molecule has 0 aromatic carbocycles. The van der Waals surface area contributed by atoms with Crippen molar-refractivity contribution in [3.8, 4) is 0 Å². The van der Waals surface area contributed by atoms with Crippen LogP contribution in [0.2, 0.25) is 0 Å². The molecule has 0 fully saturated rings. The van der Waals surface area contributed by atoms with Gasteiger partial charge in [-0.15, -0.1) is 0 Å². The fourth-order valence-electron chi connectivity index (χ4n) is 0.237. The highest BCUT2D eigenvalue weighted by Crippen LogP contribution is 1.93. The Balaban J connectivity index is 3.71. The summed E-state index contributed by atoms with van der Waals surface area (Å²) in [6, 6.07) is 0. The zero-order valence-corrected chi connectivity index (χ0v) is 6.09. The van der Waals surface area contributed by atoms with Gasteiger partial charge in [-0.3, -0.25) is 0 Å². The second kappa shape index (κ2) is 4.61. The van der Waals surface area contributed by atoms with E-state index >= 15 is 0 Å². The van der Waals surface area contributed by atoms with Gasteiger partial charge < -0.3 is 9.47 Å². The van der Waals surface area contributed by atoms with Crippen molar-refractivity contribution in [3.63, 3.8) is 0 Å². The van der Waals surface area contributed by atoms with Gasteiger partial charge in [0.25, 0.3) is 0 Å². The van der Waals surface area contributed by atoms with Gasteiger partial charge in [-0.2, -0.15) is 0 Å². The molecule has 0 rings (SSSR count). The fraction of sp³-hybridized carbons (Fsp3) is 0.286. The molecule has 0 heterocycles. The number of methoxy groups -OCH3 is 1. The summed E-state index contributed by atoms with van der Waals surface area (Å²) >= 11 is 0. The molecule has 3 heteroatoms. The Bertz CT molecular complexity index is 158. The molecule has 0 bridgehead atoms. The molecule has 0 aliphatic heterocycles. The van der Waals surface area contributed by atoms with E-state index in [1.54, 1.807) is 13.0 Å². The lowest BCUT2D eigenvalue weighted by molar-refractivity contribution is 0.105. The van der Waals surface area contributed by atoms with Crippen LogP contribution in [0.4, 0.5) is 4.79 Å². The van der Waals surface area contributed by atoms with E-state index in [1.807, 2.05) is 0 Å². The minimum atomic E-state index is -0.721. The van der Waals surface area contributed by atoms with Gasteiger partial charge >= 0.3 is 6.16 Å². The molecule has 0 aromatic rings. The zero-order valence-electron chi connectivity index (χ0n) is 6.09. The quantitative estimate of drug-likeness (QED) is 0.335. The van der Waals surface area contributed by atoms with Crippen LogP contribution in [-0.2, 0) is 9.47 Å². The van der Waals surface area contributed by atoms with E-state index in [0.29, 0.717) is 0 Å². The van der Waals surface area contributed by atoms with Crippen molar-refractivity contribution < 1.29 is 14.3 Å². The van der Waals surface area contributed by atoms with Gasteiger partial charge in [0.15, 0.2) is 0 Å². The van der Waals surface area contributed by atoms with Gasteiger partial charge in [0, 0.05) is 0 Å². The van der Waals surface area contributed by atoms with E-state index < -0.39 is 6.16 Å². The minimum Gasteiger partial charge on any atom is -0.437 e. The van der Waals surface area contributed by atoms with E-state index in [0.717, 1.165) is 5.57 Å². The lowest BCUT2D eigenvalue weighted by Crippen LogP contribution is -1.98. The normalized spacial score (nSPS) is 10.4. The van der Waals surface area contributed by atoms with Gasteiger partial charge in [0.1, 0.15) is 6.26 Å². The third kappa shape index (κ3) is 3.72. The van der Waals surface area contributed by atoms with Crippen LogP contribution >= 0.6 is 0 Å². The Morgan fingerprint density at radius 1 is 1.60 bits per heavy atom. The van der Waals surface area contributed by atoms with Crippen LogP contribution in [0.3, 0.4) is 0 Å². The molecule has 0 spiro atoms. The highest BCUT2D eigenvalue weighted by Gasteiger charge is 1.94. The van der Waals surface area contributed by atoms with Crippen molar-refractivity contribution >= 4 is 6.16 Å². The topological polar surface area (TPSA) is 35.5 Å². The first-order valence-corrected chi connectivity index (χ1v) is 2.74. The maximum absolute atomic E-state index is 10.3. The Morgan fingerprint density at radius 3 is 2.60 bits per heavy atom. The molecule has 0 aliphatic carbocycles. The van der Waals surface area contributed by atoms with Gasteiger partial charge in [-0.1, -0.05) is 12.7 Å². The lowest BCUT2D eigenvalue weighted by Gasteiger charge is -1.95. The maximum Gasteiger partial charge on any atom is 0.512 e. The number of ether oxygens (including phenoxy) is 2. The summed E-state index contributed by atoms with van der Waals surface area (Å²) in [7, 11) is 1.25. The van der Waals surface area contributed by atoms with Gasteiger partial charge in [0.2, 0.25) is 0 Å². The van der Waals surface area contributed by atoms with Gasteiger partial charge in [-0.05, 0) is 12.5 Å². The second-order valence-electron chi connectivity index (χ2n) is 1.64. The second-order valence-corrected chi connectivity index (χ2v) is 1.64. The summed E-state index contributed by atoms with van der Waals surface area (Å²) in [5.74, 6) is 0. The Labute approximate surface area is 59.9 Å². The lowest BCUT2D eigenvalue weighted by atomic mass is 10.3. The largest absolute Gasteiger partial charge is 0.512 e. The summed E-state index contributed by atoms with van der Waals surface area (Å²) in [5, 5.41) is 0. The average Bonchev–Trinajstić information content (AvgIpc) is 1.99. The number of hydrogen-bond acceptors (Lipinski definition) is 3. The standard InChI is InChI=1S/C7H10O3/c1-4-6(2)5-10-7(8)9-3/h4-5H,1H2,2-3H3. The third-order valence-electron chi connectivity index (χ3n) is 0.830. The SMILES string of the molecule is C=CC(C)=COC(=O)OC. The molecule has 56 valence electrons. The van der Waals surface area contributed by atoms with Crippen LogP contribution in [0.1, 0.15) is 6.92 Å². The van der Waals surface area contributed by atoms with Crippen molar-refractivity contribution in [1.29, 1.82) is 0 Å². The number of hydrogen-bond donors (Lipinski definition) is 0. The third-order valence-corrected chi connectivity index (χ3v) is 0.830. The van der Waals surface area contributed by atoms with Crippen LogP contribution in [0.5, 0.6) is 0 Å². The van der Waals surface area contributed by atoms with Crippen molar-refractivity contribution in [2.45, 2.75) is 6.92 Å². The van der Waals surface area contributed by atoms with E-state index in [9.17, 15) is 4.79 Å². The molecule has 10 heavy (non-hydrogen) atoms. The zero-order chi connectivity index (χ0) is 7.98. The highest BCUT2D eigenvalue weighted by atomic mass is 16.7. The number of rotatable bonds is 2. The maximum atomic E-state index is 10.3. The molecule has 0 saturated carbocycles. The fourth-order valence-corrected chi connectivity index (χ4v) is 0.237. The van der Waals surface area contributed by atoms with Crippen molar-refractivity contribution in [3.05, 3.63) is 24.5 Å². The highest BCUT2D eigenvalue weighted by molar-refractivity contribution is 5.60. The van der Waals surface area contributed by atoms with E-state index in [-0.39, 0.29) is 0 Å². The molecular weight excluding hydrogens is 132 g/mol. The summed E-state index contributed by atoms with van der Waals surface area (Å²) < 4.78 is 8.65. The Kier molecular flexibility index (Phi) is 4.04. The molecule has 0 N–H and O–H groups in total.